The number of carbonyl (C=O) groups excluding carboxylic acids is 5. The third-order valence-corrected chi connectivity index (χ3v) is 5.95. The summed E-state index contributed by atoms with van der Waals surface area (Å²) in [6, 6.07) is 27.5. The molecular weight excluding hydrogens is 484 g/mol. The molecular formula is C30H20N2O6. The number of para-hydroxylation sites is 1. The van der Waals surface area contributed by atoms with Crippen LogP contribution in [0.2, 0.25) is 0 Å². The summed E-state index contributed by atoms with van der Waals surface area (Å²) in [7, 11) is 0. The maximum atomic E-state index is 12.9. The van der Waals surface area contributed by atoms with Gasteiger partial charge in [-0.25, -0.2) is 9.69 Å². The normalized spacial score (nSPS) is 12.2. The number of amides is 3. The monoisotopic (exact) mass is 504 g/mol. The van der Waals surface area contributed by atoms with Crippen molar-refractivity contribution in [3.8, 4) is 0 Å². The fourth-order valence-corrected chi connectivity index (χ4v) is 4.13. The second kappa shape index (κ2) is 10.3. The van der Waals surface area contributed by atoms with E-state index in [9.17, 15) is 24.0 Å². The molecule has 0 atom stereocenters. The molecule has 4 aromatic rings. The highest BCUT2D eigenvalue weighted by Crippen LogP contribution is 2.29. The zero-order chi connectivity index (χ0) is 26.6. The van der Waals surface area contributed by atoms with Crippen molar-refractivity contribution < 1.29 is 28.7 Å². The molecule has 0 saturated heterocycles. The lowest BCUT2D eigenvalue weighted by atomic mass is 10.0. The Hall–Kier alpha value is -5.37. The van der Waals surface area contributed by atoms with E-state index in [-0.39, 0.29) is 33.8 Å². The molecule has 0 fully saturated rings. The largest absolute Gasteiger partial charge is 0.452 e. The SMILES string of the molecule is O=C(COC(=O)c1cccc(N2C(=O)c3ccccc3C2=O)c1)Nc1ccccc1C(=O)c1ccccc1. The Morgan fingerprint density at radius 3 is 2.00 bits per heavy atom. The number of ketones is 1. The van der Waals surface area contributed by atoms with Gasteiger partial charge in [0, 0.05) is 11.1 Å². The topological polar surface area (TPSA) is 110 Å². The van der Waals surface area contributed by atoms with E-state index in [4.69, 9.17) is 4.74 Å². The number of carbonyl (C=O) groups is 5. The molecule has 8 heteroatoms. The fraction of sp³-hybridized carbons (Fsp3) is 0.0333. The minimum absolute atomic E-state index is 0.0616. The molecule has 0 aromatic heterocycles. The van der Waals surface area contributed by atoms with E-state index >= 15 is 0 Å². The zero-order valence-electron chi connectivity index (χ0n) is 19.9. The average Bonchev–Trinajstić information content (AvgIpc) is 3.21. The first kappa shape index (κ1) is 24.3. The minimum Gasteiger partial charge on any atom is -0.452 e. The van der Waals surface area contributed by atoms with Gasteiger partial charge < -0.3 is 10.1 Å². The van der Waals surface area contributed by atoms with Crippen LogP contribution in [0.4, 0.5) is 11.4 Å². The number of esters is 1. The number of anilines is 2. The number of fused-ring (bicyclic) bond motifs is 1. The van der Waals surface area contributed by atoms with Gasteiger partial charge in [-0.2, -0.15) is 0 Å². The summed E-state index contributed by atoms with van der Waals surface area (Å²) in [5.74, 6) is -2.68. The van der Waals surface area contributed by atoms with Crippen LogP contribution in [0.1, 0.15) is 47.0 Å². The predicted octanol–water partition coefficient (Wildman–Crippen LogP) is 4.51. The number of hydrogen-bond acceptors (Lipinski definition) is 6. The Labute approximate surface area is 217 Å². The predicted molar refractivity (Wildman–Crippen MR) is 139 cm³/mol. The molecule has 5 rings (SSSR count). The number of ether oxygens (including phenoxy) is 1. The van der Waals surface area contributed by atoms with E-state index in [1.165, 1.54) is 24.3 Å². The molecule has 0 unspecified atom stereocenters. The van der Waals surface area contributed by atoms with Crippen molar-refractivity contribution in [1.82, 2.24) is 0 Å². The summed E-state index contributed by atoms with van der Waals surface area (Å²) in [6.45, 7) is -0.607. The van der Waals surface area contributed by atoms with Gasteiger partial charge in [0.2, 0.25) is 0 Å². The third-order valence-electron chi connectivity index (χ3n) is 5.95. The highest BCUT2D eigenvalue weighted by Gasteiger charge is 2.36. The Bertz CT molecular complexity index is 1560. The molecule has 186 valence electrons. The van der Waals surface area contributed by atoms with Crippen molar-refractivity contribution in [2.45, 2.75) is 0 Å². The second-order valence-corrected chi connectivity index (χ2v) is 8.41. The lowest BCUT2D eigenvalue weighted by Crippen LogP contribution is -2.29. The second-order valence-electron chi connectivity index (χ2n) is 8.41. The Morgan fingerprint density at radius 2 is 1.29 bits per heavy atom. The van der Waals surface area contributed by atoms with Gasteiger partial charge in [-0.05, 0) is 42.5 Å². The molecule has 0 saturated carbocycles. The van der Waals surface area contributed by atoms with Crippen molar-refractivity contribution in [2.24, 2.45) is 0 Å². The van der Waals surface area contributed by atoms with Crippen LogP contribution in [0.25, 0.3) is 0 Å². The lowest BCUT2D eigenvalue weighted by molar-refractivity contribution is -0.119. The van der Waals surface area contributed by atoms with Gasteiger partial charge >= 0.3 is 5.97 Å². The first-order valence-corrected chi connectivity index (χ1v) is 11.7. The van der Waals surface area contributed by atoms with Crippen molar-refractivity contribution in [1.29, 1.82) is 0 Å². The highest BCUT2D eigenvalue weighted by molar-refractivity contribution is 6.34. The molecule has 0 bridgehead atoms. The minimum atomic E-state index is -0.813. The van der Waals surface area contributed by atoms with E-state index in [2.05, 4.69) is 5.32 Å². The van der Waals surface area contributed by atoms with Gasteiger partial charge in [0.05, 0.1) is 28.1 Å². The molecule has 1 aliphatic heterocycles. The van der Waals surface area contributed by atoms with Crippen molar-refractivity contribution >= 4 is 40.8 Å². The summed E-state index contributed by atoms with van der Waals surface area (Å²) < 4.78 is 5.16. The average molecular weight is 504 g/mol. The molecule has 1 heterocycles. The molecule has 1 aliphatic rings. The standard InChI is InChI=1S/C30H20N2O6/c33-26(31-25-16-7-6-15-24(25)27(34)19-9-2-1-3-10-19)18-38-30(37)20-11-8-12-21(17-20)32-28(35)22-13-4-5-14-23(22)29(32)36/h1-17H,18H2,(H,31,33). The maximum Gasteiger partial charge on any atom is 0.338 e. The van der Waals surface area contributed by atoms with Crippen LogP contribution in [0, 0.1) is 0 Å². The Morgan fingerprint density at radius 1 is 0.684 bits per heavy atom. The maximum absolute atomic E-state index is 12.9. The van der Waals surface area contributed by atoms with Gasteiger partial charge in [0.15, 0.2) is 12.4 Å². The number of nitrogens with one attached hydrogen (secondary N) is 1. The van der Waals surface area contributed by atoms with E-state index in [0.717, 1.165) is 4.90 Å². The summed E-state index contributed by atoms with van der Waals surface area (Å²) in [5.41, 5.74) is 1.90. The van der Waals surface area contributed by atoms with Gasteiger partial charge in [-0.3, -0.25) is 19.2 Å². The molecule has 8 nitrogen and oxygen atoms in total. The van der Waals surface area contributed by atoms with Crippen LogP contribution in [-0.4, -0.2) is 36.1 Å². The zero-order valence-corrected chi connectivity index (χ0v) is 19.9. The Balaban J connectivity index is 1.25. The van der Waals surface area contributed by atoms with Gasteiger partial charge in [-0.1, -0.05) is 60.7 Å². The number of rotatable bonds is 7. The van der Waals surface area contributed by atoms with Crippen LogP contribution in [0.15, 0.2) is 103 Å². The van der Waals surface area contributed by atoms with Crippen LogP contribution in [0.3, 0.4) is 0 Å². The van der Waals surface area contributed by atoms with Crippen LogP contribution in [0.5, 0.6) is 0 Å². The van der Waals surface area contributed by atoms with E-state index in [1.54, 1.807) is 78.9 Å². The first-order valence-electron chi connectivity index (χ1n) is 11.7. The van der Waals surface area contributed by atoms with Crippen molar-refractivity contribution in [3.05, 3.63) is 131 Å². The van der Waals surface area contributed by atoms with Gasteiger partial charge in [0.25, 0.3) is 17.7 Å². The van der Waals surface area contributed by atoms with Crippen LogP contribution in [-0.2, 0) is 9.53 Å². The molecule has 0 radical (unpaired) electrons. The van der Waals surface area contributed by atoms with Crippen molar-refractivity contribution in [2.75, 3.05) is 16.8 Å². The lowest BCUT2D eigenvalue weighted by Gasteiger charge is -2.15. The smallest absolute Gasteiger partial charge is 0.338 e. The molecule has 0 aliphatic carbocycles. The Kier molecular flexibility index (Phi) is 6.61. The summed E-state index contributed by atoms with van der Waals surface area (Å²) in [6.07, 6.45) is 0. The number of nitrogens with zero attached hydrogens (tertiary/aromatic N) is 1. The first-order chi connectivity index (χ1) is 18.4. The molecule has 38 heavy (non-hydrogen) atoms. The summed E-state index contributed by atoms with van der Waals surface area (Å²) >= 11 is 0. The van der Waals surface area contributed by atoms with E-state index in [1.807, 2.05) is 0 Å². The number of hydrogen-bond donors (Lipinski definition) is 1. The number of benzene rings is 4. The van der Waals surface area contributed by atoms with E-state index < -0.39 is 30.3 Å². The van der Waals surface area contributed by atoms with E-state index in [0.29, 0.717) is 11.1 Å². The van der Waals surface area contributed by atoms with Crippen molar-refractivity contribution in [3.63, 3.8) is 0 Å². The fourth-order valence-electron chi connectivity index (χ4n) is 4.13. The highest BCUT2D eigenvalue weighted by atomic mass is 16.5. The van der Waals surface area contributed by atoms with Gasteiger partial charge in [0.1, 0.15) is 0 Å². The third kappa shape index (κ3) is 4.70. The molecule has 0 spiro atoms. The molecule has 1 N–H and O–H groups in total. The van der Waals surface area contributed by atoms with Gasteiger partial charge in [-0.15, -0.1) is 0 Å². The summed E-state index contributed by atoms with van der Waals surface area (Å²) in [4.78, 5) is 64.6. The van der Waals surface area contributed by atoms with Crippen LogP contribution < -0.4 is 10.2 Å². The number of imide groups is 1. The van der Waals surface area contributed by atoms with Crippen LogP contribution >= 0.6 is 0 Å². The quantitative estimate of drug-likeness (QED) is 0.225. The summed E-state index contributed by atoms with van der Waals surface area (Å²) in [5, 5.41) is 2.61. The molecule has 4 aromatic carbocycles. The molecule has 3 amide bonds.